The molecule has 0 radical (unpaired) electrons. The molecule has 1 N–H and O–H groups in total. The number of rotatable bonds is 4. The van der Waals surface area contributed by atoms with Crippen LogP contribution in [0.2, 0.25) is 0 Å². The Morgan fingerprint density at radius 3 is 2.48 bits per heavy atom. The van der Waals surface area contributed by atoms with Gasteiger partial charge in [0.15, 0.2) is 5.76 Å². The Kier molecular flexibility index (Phi) is 4.80. The summed E-state index contributed by atoms with van der Waals surface area (Å²) >= 11 is 0. The molecular weight excluding hydrogens is 379 g/mol. The second kappa shape index (κ2) is 7.43. The molecule has 0 atom stereocenters. The van der Waals surface area contributed by atoms with Crippen molar-refractivity contribution >= 4 is 11.5 Å². The minimum Gasteiger partial charge on any atom is -0.436 e. The van der Waals surface area contributed by atoms with E-state index in [1.165, 1.54) is 18.3 Å². The van der Waals surface area contributed by atoms with Gasteiger partial charge in [-0.05, 0) is 55.0 Å². The van der Waals surface area contributed by atoms with Crippen LogP contribution in [0.15, 0.2) is 77.5 Å². The highest BCUT2D eigenvalue weighted by Crippen LogP contribution is 2.33. The number of hydrogen-bond donors (Lipinski definition) is 1. The fourth-order valence-electron chi connectivity index (χ4n) is 2.87. The summed E-state index contributed by atoms with van der Waals surface area (Å²) in [5.74, 6) is 1.30. The van der Waals surface area contributed by atoms with E-state index in [1.54, 1.807) is 6.20 Å². The van der Waals surface area contributed by atoms with Gasteiger partial charge in [-0.3, -0.25) is 0 Å². The molecule has 4 nitrogen and oxygen atoms in total. The average Bonchev–Trinajstić information content (AvgIpc) is 3.18. The van der Waals surface area contributed by atoms with Gasteiger partial charge < -0.3 is 9.73 Å². The number of hydrogen-bond acceptors (Lipinski definition) is 4. The van der Waals surface area contributed by atoms with E-state index in [-0.39, 0.29) is 11.5 Å². The van der Waals surface area contributed by atoms with Crippen LogP contribution < -0.4 is 5.32 Å². The Bertz CT molecular complexity index is 1150. The van der Waals surface area contributed by atoms with Gasteiger partial charge in [-0.2, -0.15) is 13.2 Å². The first-order valence-corrected chi connectivity index (χ1v) is 8.82. The van der Waals surface area contributed by atoms with Crippen molar-refractivity contribution in [3.8, 4) is 22.8 Å². The summed E-state index contributed by atoms with van der Waals surface area (Å²) in [4.78, 5) is 8.41. The lowest BCUT2D eigenvalue weighted by atomic mass is 10.1. The lowest BCUT2D eigenvalue weighted by molar-refractivity contribution is -0.137. The molecule has 2 heterocycles. The molecule has 146 valence electrons. The zero-order valence-electron chi connectivity index (χ0n) is 15.4. The Balaban J connectivity index is 1.60. The first kappa shape index (κ1) is 18.7. The maximum Gasteiger partial charge on any atom is 0.416 e. The van der Waals surface area contributed by atoms with Crippen LogP contribution in [-0.4, -0.2) is 9.97 Å². The molecule has 0 fully saturated rings. The van der Waals surface area contributed by atoms with E-state index < -0.39 is 11.7 Å². The zero-order chi connectivity index (χ0) is 20.4. The van der Waals surface area contributed by atoms with Crippen LogP contribution in [-0.2, 0) is 6.18 Å². The minimum absolute atomic E-state index is 0.129. The molecule has 0 unspecified atom stereocenters. The van der Waals surface area contributed by atoms with Gasteiger partial charge in [0.2, 0.25) is 5.89 Å². The summed E-state index contributed by atoms with van der Waals surface area (Å²) in [6.07, 6.45) is -1.20. The van der Waals surface area contributed by atoms with Crippen molar-refractivity contribution < 1.29 is 17.6 Å². The third-order valence-corrected chi connectivity index (χ3v) is 4.28. The molecule has 4 rings (SSSR count). The van der Waals surface area contributed by atoms with Crippen molar-refractivity contribution in [2.45, 2.75) is 13.1 Å². The quantitative estimate of drug-likeness (QED) is 0.430. The van der Waals surface area contributed by atoms with Crippen molar-refractivity contribution in [2.75, 3.05) is 5.32 Å². The molecule has 2 aromatic carbocycles. The van der Waals surface area contributed by atoms with Crippen LogP contribution in [0, 0.1) is 6.92 Å². The second-order valence-electron chi connectivity index (χ2n) is 6.53. The number of halogens is 3. The van der Waals surface area contributed by atoms with E-state index in [4.69, 9.17) is 4.42 Å². The number of nitrogens with zero attached hydrogens (tertiary/aromatic N) is 2. The van der Waals surface area contributed by atoms with Crippen LogP contribution in [0.5, 0.6) is 0 Å². The minimum atomic E-state index is -4.42. The van der Waals surface area contributed by atoms with Crippen molar-refractivity contribution in [3.63, 3.8) is 0 Å². The molecule has 0 saturated heterocycles. The van der Waals surface area contributed by atoms with Gasteiger partial charge in [-0.25, -0.2) is 9.97 Å². The first-order chi connectivity index (χ1) is 13.9. The van der Waals surface area contributed by atoms with Gasteiger partial charge in [-0.1, -0.05) is 18.2 Å². The van der Waals surface area contributed by atoms with E-state index in [0.717, 1.165) is 28.9 Å². The maximum atomic E-state index is 12.9. The number of oxazole rings is 1. The van der Waals surface area contributed by atoms with Gasteiger partial charge in [0.05, 0.1) is 11.8 Å². The average molecular weight is 395 g/mol. The van der Waals surface area contributed by atoms with Gasteiger partial charge >= 0.3 is 6.18 Å². The highest BCUT2D eigenvalue weighted by molar-refractivity contribution is 5.68. The normalized spacial score (nSPS) is 11.4. The van der Waals surface area contributed by atoms with Gasteiger partial charge in [0.1, 0.15) is 5.82 Å². The van der Waals surface area contributed by atoms with E-state index in [1.807, 2.05) is 43.3 Å². The highest BCUT2D eigenvalue weighted by Gasteiger charge is 2.30. The highest BCUT2D eigenvalue weighted by atomic mass is 19.4. The number of pyridine rings is 1. The van der Waals surface area contributed by atoms with Crippen molar-refractivity contribution in [1.29, 1.82) is 0 Å². The van der Waals surface area contributed by atoms with Crippen molar-refractivity contribution in [1.82, 2.24) is 9.97 Å². The van der Waals surface area contributed by atoms with Crippen LogP contribution >= 0.6 is 0 Å². The third kappa shape index (κ3) is 4.29. The number of nitrogens with one attached hydrogen (secondary N) is 1. The predicted molar refractivity (Wildman–Crippen MR) is 105 cm³/mol. The molecule has 2 aromatic heterocycles. The largest absolute Gasteiger partial charge is 0.436 e. The van der Waals surface area contributed by atoms with E-state index >= 15 is 0 Å². The molecule has 0 amide bonds. The second-order valence-corrected chi connectivity index (χ2v) is 6.53. The zero-order valence-corrected chi connectivity index (χ0v) is 15.4. The SMILES string of the molecule is Cc1ccnc(Nc2cccc(-c3cnc(-c4cccc(C(F)(F)F)c4)o3)c2)c1. The monoisotopic (exact) mass is 395 g/mol. The molecule has 0 spiro atoms. The molecule has 0 aliphatic carbocycles. The summed E-state index contributed by atoms with van der Waals surface area (Å²) in [6, 6.07) is 16.2. The van der Waals surface area contributed by atoms with Crippen LogP contribution in [0.25, 0.3) is 22.8 Å². The predicted octanol–water partition coefficient (Wildman–Crippen LogP) is 6.47. The fraction of sp³-hybridized carbons (Fsp3) is 0.0909. The van der Waals surface area contributed by atoms with Crippen LogP contribution in [0.4, 0.5) is 24.7 Å². The molecule has 0 saturated carbocycles. The van der Waals surface area contributed by atoms with Crippen LogP contribution in [0.1, 0.15) is 11.1 Å². The lowest BCUT2D eigenvalue weighted by Gasteiger charge is -2.07. The van der Waals surface area contributed by atoms with E-state index in [0.29, 0.717) is 11.6 Å². The molecule has 0 aliphatic heterocycles. The van der Waals surface area contributed by atoms with Gasteiger partial charge in [0, 0.05) is 23.0 Å². The Morgan fingerprint density at radius 2 is 1.69 bits per heavy atom. The van der Waals surface area contributed by atoms with E-state index in [9.17, 15) is 13.2 Å². The number of anilines is 2. The Hall–Kier alpha value is -3.61. The molecule has 4 aromatic rings. The number of benzene rings is 2. The summed E-state index contributed by atoms with van der Waals surface area (Å²) in [6.45, 7) is 1.98. The summed E-state index contributed by atoms with van der Waals surface area (Å²) in [7, 11) is 0. The Labute approximate surface area is 165 Å². The Morgan fingerprint density at radius 1 is 0.897 bits per heavy atom. The fourth-order valence-corrected chi connectivity index (χ4v) is 2.87. The number of alkyl halides is 3. The standard InChI is InChI=1S/C22H16F3N3O/c1-14-8-9-26-20(10-14)28-18-7-3-4-15(12-18)19-13-27-21(29-19)16-5-2-6-17(11-16)22(23,24)25/h2-13H,1H3,(H,26,28). The topological polar surface area (TPSA) is 51.0 Å². The van der Waals surface area contributed by atoms with Crippen molar-refractivity contribution in [2.24, 2.45) is 0 Å². The maximum absolute atomic E-state index is 12.9. The molecule has 7 heteroatoms. The van der Waals surface area contributed by atoms with Gasteiger partial charge in [-0.15, -0.1) is 0 Å². The van der Waals surface area contributed by atoms with Crippen LogP contribution in [0.3, 0.4) is 0 Å². The smallest absolute Gasteiger partial charge is 0.416 e. The number of aryl methyl sites for hydroxylation is 1. The van der Waals surface area contributed by atoms with Gasteiger partial charge in [0.25, 0.3) is 0 Å². The molecule has 0 bridgehead atoms. The first-order valence-electron chi connectivity index (χ1n) is 8.82. The van der Waals surface area contributed by atoms with Crippen molar-refractivity contribution in [3.05, 3.63) is 84.2 Å². The number of aromatic nitrogens is 2. The summed E-state index contributed by atoms with van der Waals surface area (Å²) < 4.78 is 44.5. The third-order valence-electron chi connectivity index (χ3n) is 4.28. The molecule has 0 aliphatic rings. The molecular formula is C22H16F3N3O. The van der Waals surface area contributed by atoms with E-state index in [2.05, 4.69) is 15.3 Å². The molecule has 29 heavy (non-hydrogen) atoms. The lowest BCUT2D eigenvalue weighted by Crippen LogP contribution is -2.04. The summed E-state index contributed by atoms with van der Waals surface area (Å²) in [5.41, 5.74) is 2.15. The summed E-state index contributed by atoms with van der Waals surface area (Å²) in [5, 5.41) is 3.22.